The molecule has 1 aromatic rings. The maximum Gasteiger partial charge on any atom is 0.226 e. The predicted octanol–water partition coefficient (Wildman–Crippen LogP) is 3.06. The van der Waals surface area contributed by atoms with Crippen LogP contribution in [0.25, 0.3) is 0 Å². The molecule has 4 rings (SSSR count). The fraction of sp³-hybridized carbons (Fsp3) is 0.810. The van der Waals surface area contributed by atoms with Crippen LogP contribution in [0, 0.1) is 5.92 Å². The third-order valence-corrected chi connectivity index (χ3v) is 6.50. The third kappa shape index (κ3) is 4.37. The van der Waals surface area contributed by atoms with Crippen LogP contribution >= 0.6 is 0 Å². The molecule has 2 saturated carbocycles. The highest BCUT2D eigenvalue weighted by molar-refractivity contribution is 5.79. The second-order valence-corrected chi connectivity index (χ2v) is 8.47. The number of carbonyl (C=O) groups excluding carboxylic acids is 1. The van der Waals surface area contributed by atoms with E-state index in [1.165, 1.54) is 25.7 Å². The van der Waals surface area contributed by atoms with Crippen molar-refractivity contribution in [2.45, 2.75) is 89.4 Å². The first kappa shape index (κ1) is 18.9. The SMILES string of the molecule is CCCO[C@@H]1CC[C@H](C(=O)N2CCc3nocc3C2)C[C@H]1NC1CCCC1. The van der Waals surface area contributed by atoms with E-state index >= 15 is 0 Å². The number of nitrogens with zero attached hydrogens (tertiary/aromatic N) is 2. The Bertz CT molecular complexity index is 626. The Morgan fingerprint density at radius 1 is 1.33 bits per heavy atom. The average Bonchev–Trinajstić information content (AvgIpc) is 3.37. The van der Waals surface area contributed by atoms with Gasteiger partial charge in [-0.3, -0.25) is 4.79 Å². The molecular weight excluding hydrogens is 342 g/mol. The zero-order chi connectivity index (χ0) is 18.6. The third-order valence-electron chi connectivity index (χ3n) is 6.50. The smallest absolute Gasteiger partial charge is 0.226 e. The van der Waals surface area contributed by atoms with Crippen LogP contribution in [0.15, 0.2) is 10.8 Å². The van der Waals surface area contributed by atoms with Crippen molar-refractivity contribution in [1.82, 2.24) is 15.4 Å². The van der Waals surface area contributed by atoms with Crippen molar-refractivity contribution in [3.63, 3.8) is 0 Å². The summed E-state index contributed by atoms with van der Waals surface area (Å²) in [7, 11) is 0. The molecule has 0 saturated heterocycles. The van der Waals surface area contributed by atoms with Gasteiger partial charge in [0.25, 0.3) is 0 Å². The molecule has 1 amide bonds. The predicted molar refractivity (Wildman–Crippen MR) is 102 cm³/mol. The molecule has 6 heteroatoms. The molecule has 1 N–H and O–H groups in total. The highest BCUT2D eigenvalue weighted by Crippen LogP contribution is 2.31. The molecule has 3 aliphatic rings. The lowest BCUT2D eigenvalue weighted by atomic mass is 9.82. The van der Waals surface area contributed by atoms with Crippen molar-refractivity contribution < 1.29 is 14.1 Å². The fourth-order valence-corrected chi connectivity index (χ4v) is 4.99. The van der Waals surface area contributed by atoms with Crippen molar-refractivity contribution >= 4 is 5.91 Å². The molecule has 3 atom stereocenters. The largest absolute Gasteiger partial charge is 0.377 e. The van der Waals surface area contributed by atoms with E-state index < -0.39 is 0 Å². The Morgan fingerprint density at radius 3 is 3.00 bits per heavy atom. The second-order valence-electron chi connectivity index (χ2n) is 8.47. The van der Waals surface area contributed by atoms with Crippen LogP contribution in [0.3, 0.4) is 0 Å². The van der Waals surface area contributed by atoms with Crippen molar-refractivity contribution in [3.8, 4) is 0 Å². The quantitative estimate of drug-likeness (QED) is 0.828. The zero-order valence-corrected chi connectivity index (χ0v) is 16.5. The molecule has 150 valence electrons. The molecule has 1 aliphatic heterocycles. The van der Waals surface area contributed by atoms with E-state index in [4.69, 9.17) is 9.26 Å². The lowest BCUT2D eigenvalue weighted by Crippen LogP contribution is -2.52. The monoisotopic (exact) mass is 375 g/mol. The van der Waals surface area contributed by atoms with Gasteiger partial charge in [-0.15, -0.1) is 0 Å². The van der Waals surface area contributed by atoms with Crippen LogP contribution in [-0.4, -0.2) is 47.3 Å². The first-order chi connectivity index (χ1) is 13.2. The minimum absolute atomic E-state index is 0.104. The van der Waals surface area contributed by atoms with Gasteiger partial charge in [0.2, 0.25) is 5.91 Å². The van der Waals surface area contributed by atoms with E-state index in [2.05, 4.69) is 17.4 Å². The van der Waals surface area contributed by atoms with Crippen molar-refractivity contribution in [2.75, 3.05) is 13.2 Å². The summed E-state index contributed by atoms with van der Waals surface area (Å²) in [5, 5.41) is 7.89. The molecule has 1 aromatic heterocycles. The highest BCUT2D eigenvalue weighted by Gasteiger charge is 2.38. The van der Waals surface area contributed by atoms with Gasteiger partial charge in [-0.25, -0.2) is 0 Å². The Morgan fingerprint density at radius 2 is 2.19 bits per heavy atom. The van der Waals surface area contributed by atoms with Gasteiger partial charge in [-0.05, 0) is 38.5 Å². The summed E-state index contributed by atoms with van der Waals surface area (Å²) in [4.78, 5) is 15.2. The van der Waals surface area contributed by atoms with E-state index in [9.17, 15) is 4.79 Å². The van der Waals surface area contributed by atoms with E-state index in [-0.39, 0.29) is 12.0 Å². The Labute approximate surface area is 162 Å². The molecule has 0 bridgehead atoms. The summed E-state index contributed by atoms with van der Waals surface area (Å²) < 4.78 is 11.2. The topological polar surface area (TPSA) is 67.6 Å². The summed E-state index contributed by atoms with van der Waals surface area (Å²) in [6.07, 6.45) is 11.8. The number of rotatable bonds is 6. The van der Waals surface area contributed by atoms with Crippen LogP contribution in [0.1, 0.15) is 69.5 Å². The van der Waals surface area contributed by atoms with Crippen LogP contribution in [0.4, 0.5) is 0 Å². The normalized spacial score (nSPS) is 29.1. The van der Waals surface area contributed by atoms with Crippen molar-refractivity contribution in [3.05, 3.63) is 17.5 Å². The zero-order valence-electron chi connectivity index (χ0n) is 16.5. The number of aromatic nitrogens is 1. The van der Waals surface area contributed by atoms with E-state index in [1.54, 1.807) is 6.26 Å². The Hall–Kier alpha value is -1.40. The first-order valence-corrected chi connectivity index (χ1v) is 10.8. The maximum atomic E-state index is 13.2. The Balaban J connectivity index is 1.38. The number of amides is 1. The molecule has 0 spiro atoms. The maximum absolute atomic E-state index is 13.2. The summed E-state index contributed by atoms with van der Waals surface area (Å²) in [6.45, 7) is 4.37. The number of carbonyl (C=O) groups is 1. The van der Waals surface area contributed by atoms with Gasteiger partial charge in [0.05, 0.1) is 18.3 Å². The summed E-state index contributed by atoms with van der Waals surface area (Å²) >= 11 is 0. The van der Waals surface area contributed by atoms with E-state index in [0.717, 1.165) is 56.5 Å². The summed E-state index contributed by atoms with van der Waals surface area (Å²) in [5.74, 6) is 0.404. The molecule has 2 heterocycles. The van der Waals surface area contributed by atoms with Crippen molar-refractivity contribution in [1.29, 1.82) is 0 Å². The highest BCUT2D eigenvalue weighted by atomic mass is 16.5. The van der Waals surface area contributed by atoms with Gasteiger partial charge in [0.1, 0.15) is 6.26 Å². The molecule has 0 aromatic carbocycles. The number of nitrogens with one attached hydrogen (secondary N) is 1. The minimum Gasteiger partial charge on any atom is -0.377 e. The second kappa shape index (κ2) is 8.74. The number of fused-ring (bicyclic) bond motifs is 1. The van der Waals surface area contributed by atoms with E-state index in [0.29, 0.717) is 24.5 Å². The van der Waals surface area contributed by atoms with Crippen LogP contribution in [0.5, 0.6) is 0 Å². The average molecular weight is 376 g/mol. The molecule has 2 fully saturated rings. The minimum atomic E-state index is 0.104. The lowest BCUT2D eigenvalue weighted by Gasteiger charge is -2.39. The number of ether oxygens (including phenoxy) is 1. The van der Waals surface area contributed by atoms with Gasteiger partial charge in [-0.1, -0.05) is 24.9 Å². The van der Waals surface area contributed by atoms with Gasteiger partial charge in [0.15, 0.2) is 0 Å². The molecule has 0 unspecified atom stereocenters. The van der Waals surface area contributed by atoms with Crippen LogP contribution in [-0.2, 0) is 22.5 Å². The molecule has 27 heavy (non-hydrogen) atoms. The van der Waals surface area contributed by atoms with Crippen LogP contribution in [0.2, 0.25) is 0 Å². The van der Waals surface area contributed by atoms with Crippen LogP contribution < -0.4 is 5.32 Å². The molecule has 6 nitrogen and oxygen atoms in total. The lowest BCUT2D eigenvalue weighted by molar-refractivity contribution is -0.139. The fourth-order valence-electron chi connectivity index (χ4n) is 4.99. The van der Waals surface area contributed by atoms with E-state index in [1.807, 2.05) is 4.90 Å². The van der Waals surface area contributed by atoms with Gasteiger partial charge < -0.3 is 19.5 Å². The van der Waals surface area contributed by atoms with Gasteiger partial charge >= 0.3 is 0 Å². The molecule has 0 radical (unpaired) electrons. The Kier molecular flexibility index (Phi) is 6.13. The first-order valence-electron chi connectivity index (χ1n) is 10.8. The molecular formula is C21H33N3O3. The standard InChI is InChI=1S/C21H33N3O3/c1-2-11-26-20-8-7-15(12-19(20)22-17-5-3-4-6-17)21(25)24-10-9-18-16(13-24)14-27-23-18/h14-15,17,19-20,22H,2-13H2,1H3/t15-,19+,20+/m0/s1. The summed E-state index contributed by atoms with van der Waals surface area (Å²) in [6, 6.07) is 0.907. The van der Waals surface area contributed by atoms with Gasteiger partial charge in [0, 0.05) is 43.1 Å². The van der Waals surface area contributed by atoms with Crippen molar-refractivity contribution in [2.24, 2.45) is 5.92 Å². The summed E-state index contributed by atoms with van der Waals surface area (Å²) in [5.41, 5.74) is 2.08. The van der Waals surface area contributed by atoms with Gasteiger partial charge in [-0.2, -0.15) is 0 Å². The number of hydrogen-bond donors (Lipinski definition) is 1. The molecule has 2 aliphatic carbocycles. The number of hydrogen-bond acceptors (Lipinski definition) is 5.